The van der Waals surface area contributed by atoms with Gasteiger partial charge in [0.1, 0.15) is 40.7 Å². The van der Waals surface area contributed by atoms with Gasteiger partial charge in [-0.1, -0.05) is 108 Å². The van der Waals surface area contributed by atoms with Gasteiger partial charge in [-0.05, 0) is 192 Å². The smallest absolute Gasteiger partial charge is 0.159 e. The van der Waals surface area contributed by atoms with Crippen LogP contribution in [0.4, 0.5) is 39.5 Å². The van der Waals surface area contributed by atoms with Gasteiger partial charge in [-0.3, -0.25) is 0 Å². The molecule has 0 fully saturated rings. The summed E-state index contributed by atoms with van der Waals surface area (Å²) in [4.78, 5) is 0. The number of nitrogens with zero attached hydrogens (tertiary/aromatic N) is 3. The molecule has 9 aromatic rings. The Morgan fingerprint density at radius 1 is 0.244 bits per heavy atom. The summed E-state index contributed by atoms with van der Waals surface area (Å²) in [6.07, 6.45) is 0. The number of benzene rings is 9. The monoisotopic (exact) mass is 1070 g/mol. The normalized spacial score (nSPS) is 9.12. The topological polar surface area (TPSA) is 71.4 Å². The molecule has 0 aliphatic carbocycles. The van der Waals surface area contributed by atoms with Crippen molar-refractivity contribution in [3.05, 3.63) is 319 Å². The minimum Gasteiger partial charge on any atom is -0.207 e. The number of aryl methyl sites for hydroxylation is 9. The second-order valence-corrected chi connectivity index (χ2v) is 17.0. The number of nitriles is 3. The molecule has 0 spiro atoms. The number of hydrogen-bond donors (Lipinski definition) is 0. The van der Waals surface area contributed by atoms with Crippen molar-refractivity contribution < 1.29 is 39.5 Å². The number of halogens is 9. The van der Waals surface area contributed by atoms with Crippen LogP contribution in [0.5, 0.6) is 0 Å². The molecule has 0 N–H and O–H groups in total. The summed E-state index contributed by atoms with van der Waals surface area (Å²) in [6, 6.07) is 59.1. The van der Waals surface area contributed by atoms with E-state index in [1.807, 2.05) is 113 Å². The highest BCUT2D eigenvalue weighted by atomic mass is 19.2. The van der Waals surface area contributed by atoms with Crippen molar-refractivity contribution in [3.63, 3.8) is 0 Å². The molecule has 0 aliphatic rings. The lowest BCUT2D eigenvalue weighted by atomic mass is 10.1. The Kier molecular flexibility index (Phi) is 32.2. The zero-order chi connectivity index (χ0) is 58.6. The molecular formula is C66H60F9N3. The zero-order valence-corrected chi connectivity index (χ0v) is 44.8. The van der Waals surface area contributed by atoms with E-state index in [2.05, 4.69) is 18.2 Å². The molecular weight excluding hydrogens is 1010 g/mol. The molecule has 0 aliphatic heterocycles. The third-order valence-electron chi connectivity index (χ3n) is 9.88. The van der Waals surface area contributed by atoms with Crippen molar-refractivity contribution in [1.29, 1.82) is 15.8 Å². The van der Waals surface area contributed by atoms with Crippen LogP contribution in [0.2, 0.25) is 0 Å². The van der Waals surface area contributed by atoms with Gasteiger partial charge in [0.2, 0.25) is 0 Å². The molecule has 0 heterocycles. The molecule has 12 heteroatoms. The predicted octanol–water partition coefficient (Wildman–Crippen LogP) is 18.8. The van der Waals surface area contributed by atoms with Gasteiger partial charge in [0.25, 0.3) is 0 Å². The van der Waals surface area contributed by atoms with Crippen molar-refractivity contribution >= 4 is 0 Å². The highest BCUT2D eigenvalue weighted by molar-refractivity contribution is 5.36. The van der Waals surface area contributed by atoms with E-state index in [1.54, 1.807) is 64.1 Å². The van der Waals surface area contributed by atoms with Crippen LogP contribution in [0.15, 0.2) is 200 Å². The Morgan fingerprint density at radius 3 is 1.06 bits per heavy atom. The SMILES string of the molecule is Cc1cc(F)cc(F)c1.Cc1ccc(C#N)cc1.Cc1ccc(F)c(F)c1.Cc1ccc(F)cc1.Cc1ccc(F)cc1F.Cc1cccc(C#N)c1.Cc1cccc(F)c1.Cc1ccccc1C#N.Cc1ccccc1F. The summed E-state index contributed by atoms with van der Waals surface area (Å²) in [7, 11) is 0. The third-order valence-corrected chi connectivity index (χ3v) is 9.88. The first-order valence-electron chi connectivity index (χ1n) is 23.8. The van der Waals surface area contributed by atoms with Crippen molar-refractivity contribution in [1.82, 2.24) is 0 Å². The standard InChI is InChI=1S/3C8H7N.3C7H6F2.3C7H7F/c1-7-2-4-8(6-9)5-3-7;1-7-3-2-4-8(5-7)6-9;1-7-4-2-3-5-8(7)6-9;1-5-2-6(8)4-7(9)3-5;1-5-2-3-6(8)4-7(5)9;1-5-2-3-6(8)7(9)4-5;1-6-2-4-7(8)5-3-6;1-6-3-2-4-7(8)5-6;1-6-4-2-3-5-7(6)8/h3*2-5H,1H3;3*2-4H,1H3;3*2-5H,1H3. The largest absolute Gasteiger partial charge is 0.207 e. The Morgan fingerprint density at radius 2 is 0.692 bits per heavy atom. The molecule has 0 saturated heterocycles. The lowest BCUT2D eigenvalue weighted by molar-refractivity contribution is 0.508. The average molecular weight is 1070 g/mol. The first-order chi connectivity index (χ1) is 37.0. The van der Waals surface area contributed by atoms with Crippen molar-refractivity contribution in [2.24, 2.45) is 0 Å². The molecule has 0 amide bonds. The highest BCUT2D eigenvalue weighted by Gasteiger charge is 1.99. The highest BCUT2D eigenvalue weighted by Crippen LogP contribution is 2.10. The van der Waals surface area contributed by atoms with Gasteiger partial charge in [-0.25, -0.2) is 39.5 Å². The minimum atomic E-state index is -0.791. The molecule has 78 heavy (non-hydrogen) atoms. The molecule has 0 radical (unpaired) electrons. The van der Waals surface area contributed by atoms with Gasteiger partial charge in [0.05, 0.1) is 34.9 Å². The lowest BCUT2D eigenvalue weighted by Crippen LogP contribution is -1.82. The second kappa shape index (κ2) is 37.5. The summed E-state index contributed by atoms with van der Waals surface area (Å²) < 4.78 is 110. The van der Waals surface area contributed by atoms with E-state index in [9.17, 15) is 39.5 Å². The molecule has 402 valence electrons. The lowest BCUT2D eigenvalue weighted by Gasteiger charge is -1.92. The Hall–Kier alpha value is -9.18. The van der Waals surface area contributed by atoms with E-state index in [0.717, 1.165) is 68.8 Å². The van der Waals surface area contributed by atoms with E-state index in [4.69, 9.17) is 15.8 Å². The van der Waals surface area contributed by atoms with E-state index in [-0.39, 0.29) is 17.5 Å². The molecule has 9 rings (SSSR count). The average Bonchev–Trinajstić information content (AvgIpc) is 3.39. The van der Waals surface area contributed by atoms with Crippen LogP contribution in [-0.4, -0.2) is 0 Å². The van der Waals surface area contributed by atoms with Gasteiger partial charge >= 0.3 is 0 Å². The van der Waals surface area contributed by atoms with Crippen LogP contribution in [0.1, 0.15) is 66.8 Å². The van der Waals surface area contributed by atoms with E-state index < -0.39 is 34.9 Å². The summed E-state index contributed by atoms with van der Waals surface area (Å²) >= 11 is 0. The fraction of sp³-hybridized carbons (Fsp3) is 0.136. The molecule has 0 saturated carbocycles. The molecule has 0 aromatic heterocycles. The van der Waals surface area contributed by atoms with Crippen LogP contribution < -0.4 is 0 Å². The van der Waals surface area contributed by atoms with Gasteiger partial charge < -0.3 is 0 Å². The van der Waals surface area contributed by atoms with Crippen molar-refractivity contribution in [2.75, 3.05) is 0 Å². The molecule has 0 bridgehead atoms. The van der Waals surface area contributed by atoms with E-state index >= 15 is 0 Å². The van der Waals surface area contributed by atoms with Gasteiger partial charge in [0.15, 0.2) is 11.6 Å². The predicted molar refractivity (Wildman–Crippen MR) is 294 cm³/mol. The van der Waals surface area contributed by atoms with Crippen LogP contribution in [0.25, 0.3) is 0 Å². The van der Waals surface area contributed by atoms with Crippen LogP contribution in [0, 0.1) is 149 Å². The fourth-order valence-corrected chi connectivity index (χ4v) is 5.59. The van der Waals surface area contributed by atoms with Crippen LogP contribution in [-0.2, 0) is 0 Å². The number of hydrogen-bond acceptors (Lipinski definition) is 3. The first-order valence-corrected chi connectivity index (χ1v) is 23.8. The fourth-order valence-electron chi connectivity index (χ4n) is 5.59. The second-order valence-electron chi connectivity index (χ2n) is 17.0. The molecule has 0 atom stereocenters. The van der Waals surface area contributed by atoms with E-state index in [1.165, 1.54) is 66.2 Å². The zero-order valence-electron chi connectivity index (χ0n) is 44.8. The Bertz CT molecular complexity index is 3160. The van der Waals surface area contributed by atoms with Crippen LogP contribution >= 0.6 is 0 Å². The Labute approximate surface area is 453 Å². The summed E-state index contributed by atoms with van der Waals surface area (Å²) in [6.45, 7) is 16.4. The van der Waals surface area contributed by atoms with E-state index in [0.29, 0.717) is 16.7 Å². The Balaban J connectivity index is 0.000000439. The summed E-state index contributed by atoms with van der Waals surface area (Å²) in [5.74, 6) is -4.10. The summed E-state index contributed by atoms with van der Waals surface area (Å²) in [5, 5.41) is 25.3. The quantitative estimate of drug-likeness (QED) is 0.142. The maximum Gasteiger partial charge on any atom is 0.159 e. The van der Waals surface area contributed by atoms with Gasteiger partial charge in [-0.15, -0.1) is 0 Å². The summed E-state index contributed by atoms with van der Waals surface area (Å²) in [5.41, 5.74) is 10.1. The number of rotatable bonds is 0. The van der Waals surface area contributed by atoms with Gasteiger partial charge in [-0.2, -0.15) is 15.8 Å². The molecule has 3 nitrogen and oxygen atoms in total. The third kappa shape index (κ3) is 30.9. The molecule has 0 unspecified atom stereocenters. The molecule has 9 aromatic carbocycles. The maximum atomic E-state index is 12.3. The maximum absolute atomic E-state index is 12.3. The van der Waals surface area contributed by atoms with Crippen molar-refractivity contribution in [2.45, 2.75) is 62.3 Å². The van der Waals surface area contributed by atoms with Crippen LogP contribution in [0.3, 0.4) is 0 Å². The van der Waals surface area contributed by atoms with Gasteiger partial charge in [0, 0.05) is 12.1 Å². The minimum absolute atomic E-state index is 0.132. The van der Waals surface area contributed by atoms with Crippen molar-refractivity contribution in [3.8, 4) is 18.2 Å². The first kappa shape index (κ1) is 66.8.